The lowest BCUT2D eigenvalue weighted by Crippen LogP contribution is -2.46. The molecular weight excluding hydrogens is 326 g/mol. The van der Waals surface area contributed by atoms with Gasteiger partial charge in [0.15, 0.2) is 5.96 Å². The largest absolute Gasteiger partial charge is 0.359 e. The van der Waals surface area contributed by atoms with Crippen LogP contribution in [-0.4, -0.2) is 74.5 Å². The number of nitrogens with zero attached hydrogens (tertiary/aromatic N) is 3. The average Bonchev–Trinajstić information content (AvgIpc) is 2.67. The van der Waals surface area contributed by atoms with Gasteiger partial charge in [-0.2, -0.15) is 0 Å². The molecule has 2 rings (SSSR count). The third-order valence-electron chi connectivity index (χ3n) is 5.75. The van der Waals surface area contributed by atoms with Gasteiger partial charge in [-0.25, -0.2) is 0 Å². The molecule has 0 unspecified atom stereocenters. The molecule has 0 atom stereocenters. The van der Waals surface area contributed by atoms with E-state index < -0.39 is 0 Å². The minimum absolute atomic E-state index is 0.165. The number of carbonyl (C=O) groups is 1. The smallest absolute Gasteiger partial charge is 0.220 e. The molecule has 0 aromatic carbocycles. The summed E-state index contributed by atoms with van der Waals surface area (Å²) in [6.45, 7) is 12.0. The van der Waals surface area contributed by atoms with Crippen molar-refractivity contribution in [2.24, 2.45) is 16.8 Å². The van der Waals surface area contributed by atoms with Crippen LogP contribution < -0.4 is 10.6 Å². The first-order valence-electron chi connectivity index (χ1n) is 10.6. The number of nitrogens with one attached hydrogen (secondary N) is 2. The van der Waals surface area contributed by atoms with Crippen LogP contribution in [0.1, 0.15) is 52.4 Å². The second-order valence-electron chi connectivity index (χ2n) is 7.79. The van der Waals surface area contributed by atoms with E-state index in [1.54, 1.807) is 7.05 Å². The quantitative estimate of drug-likeness (QED) is 0.535. The van der Waals surface area contributed by atoms with E-state index in [1.807, 2.05) is 0 Å². The molecule has 2 fully saturated rings. The predicted molar refractivity (Wildman–Crippen MR) is 108 cm³/mol. The summed E-state index contributed by atoms with van der Waals surface area (Å²) in [5.74, 6) is 2.47. The lowest BCUT2D eigenvalue weighted by molar-refractivity contribution is -0.121. The zero-order chi connectivity index (χ0) is 18.8. The zero-order valence-electron chi connectivity index (χ0n) is 17.1. The molecule has 0 saturated carbocycles. The van der Waals surface area contributed by atoms with Gasteiger partial charge in [0.1, 0.15) is 0 Å². The van der Waals surface area contributed by atoms with Crippen LogP contribution in [0.4, 0.5) is 0 Å². The van der Waals surface area contributed by atoms with E-state index in [1.165, 1.54) is 38.9 Å². The van der Waals surface area contributed by atoms with Crippen molar-refractivity contribution in [3.05, 3.63) is 0 Å². The van der Waals surface area contributed by atoms with Crippen molar-refractivity contribution in [2.75, 3.05) is 52.9 Å². The Kier molecular flexibility index (Phi) is 9.23. The van der Waals surface area contributed by atoms with E-state index in [9.17, 15) is 4.79 Å². The first-order valence-corrected chi connectivity index (χ1v) is 10.6. The standard InChI is InChI=1S/C20H39N5O/c1-4-10-24-11-6-18(7-12-24)16-23-20(22-5-2)25-13-8-17(9-14-25)15-19(26)21-3/h17-18H,4-16H2,1-3H3,(H,21,26)(H,22,23). The highest BCUT2D eigenvalue weighted by Crippen LogP contribution is 2.21. The summed E-state index contributed by atoms with van der Waals surface area (Å²) < 4.78 is 0. The summed E-state index contributed by atoms with van der Waals surface area (Å²) >= 11 is 0. The van der Waals surface area contributed by atoms with Gasteiger partial charge < -0.3 is 20.4 Å². The van der Waals surface area contributed by atoms with Crippen molar-refractivity contribution in [1.82, 2.24) is 20.4 Å². The number of carbonyl (C=O) groups excluding carboxylic acids is 1. The fraction of sp³-hybridized carbons (Fsp3) is 0.900. The van der Waals surface area contributed by atoms with Gasteiger partial charge in [0.2, 0.25) is 5.91 Å². The van der Waals surface area contributed by atoms with Crippen LogP contribution in [0.2, 0.25) is 0 Å². The molecule has 150 valence electrons. The van der Waals surface area contributed by atoms with Gasteiger partial charge in [-0.05, 0) is 70.5 Å². The maximum Gasteiger partial charge on any atom is 0.220 e. The first kappa shape index (κ1) is 21.0. The summed E-state index contributed by atoms with van der Waals surface area (Å²) in [7, 11) is 1.72. The lowest BCUT2D eigenvalue weighted by atomic mass is 9.93. The van der Waals surface area contributed by atoms with Gasteiger partial charge in [0.05, 0.1) is 0 Å². The SMILES string of the molecule is CCCN1CCC(CN=C(NCC)N2CCC(CC(=O)NC)CC2)CC1. The number of piperidine rings is 2. The number of rotatable bonds is 7. The molecule has 0 aromatic rings. The van der Waals surface area contributed by atoms with Gasteiger partial charge in [-0.3, -0.25) is 9.79 Å². The van der Waals surface area contributed by atoms with Crippen LogP contribution in [0, 0.1) is 11.8 Å². The number of guanidine groups is 1. The molecule has 26 heavy (non-hydrogen) atoms. The summed E-state index contributed by atoms with van der Waals surface area (Å²) in [6, 6.07) is 0. The molecule has 0 radical (unpaired) electrons. The topological polar surface area (TPSA) is 60.0 Å². The number of hydrogen-bond acceptors (Lipinski definition) is 3. The van der Waals surface area contributed by atoms with E-state index in [-0.39, 0.29) is 5.91 Å². The third-order valence-corrected chi connectivity index (χ3v) is 5.75. The minimum Gasteiger partial charge on any atom is -0.359 e. The van der Waals surface area contributed by atoms with E-state index in [0.717, 1.165) is 50.9 Å². The molecule has 6 nitrogen and oxygen atoms in total. The van der Waals surface area contributed by atoms with Crippen LogP contribution in [0.15, 0.2) is 4.99 Å². The highest BCUT2D eigenvalue weighted by molar-refractivity contribution is 5.80. The van der Waals surface area contributed by atoms with Crippen molar-refractivity contribution in [3.63, 3.8) is 0 Å². The Morgan fingerprint density at radius 2 is 1.69 bits per heavy atom. The van der Waals surface area contributed by atoms with Gasteiger partial charge >= 0.3 is 0 Å². The molecule has 2 aliphatic rings. The summed E-state index contributed by atoms with van der Waals surface area (Å²) in [5, 5.41) is 6.22. The Bertz CT molecular complexity index is 437. The van der Waals surface area contributed by atoms with E-state index in [2.05, 4.69) is 34.3 Å². The molecule has 2 N–H and O–H groups in total. The monoisotopic (exact) mass is 365 g/mol. The second kappa shape index (κ2) is 11.4. The van der Waals surface area contributed by atoms with Gasteiger partial charge in [0, 0.05) is 39.6 Å². The zero-order valence-corrected chi connectivity index (χ0v) is 17.1. The first-order chi connectivity index (χ1) is 12.7. The maximum absolute atomic E-state index is 11.6. The van der Waals surface area contributed by atoms with Crippen LogP contribution in [0.3, 0.4) is 0 Å². The molecule has 2 heterocycles. The summed E-state index contributed by atoms with van der Waals surface area (Å²) in [4.78, 5) is 21.5. The molecule has 2 saturated heterocycles. The van der Waals surface area contributed by atoms with Crippen molar-refractivity contribution in [1.29, 1.82) is 0 Å². The Labute approximate surface area is 159 Å². The number of likely N-dealkylation sites (tertiary alicyclic amines) is 2. The molecule has 0 bridgehead atoms. The van der Waals surface area contributed by atoms with Crippen molar-refractivity contribution >= 4 is 11.9 Å². The Morgan fingerprint density at radius 3 is 2.27 bits per heavy atom. The van der Waals surface area contributed by atoms with Crippen LogP contribution in [0.25, 0.3) is 0 Å². The van der Waals surface area contributed by atoms with E-state index >= 15 is 0 Å². The molecule has 0 aromatic heterocycles. The highest BCUT2D eigenvalue weighted by Gasteiger charge is 2.24. The van der Waals surface area contributed by atoms with Gasteiger partial charge in [0.25, 0.3) is 0 Å². The third kappa shape index (κ3) is 6.78. The van der Waals surface area contributed by atoms with Crippen molar-refractivity contribution in [3.8, 4) is 0 Å². The van der Waals surface area contributed by atoms with Crippen LogP contribution in [0.5, 0.6) is 0 Å². The van der Waals surface area contributed by atoms with Gasteiger partial charge in [-0.1, -0.05) is 6.92 Å². The second-order valence-corrected chi connectivity index (χ2v) is 7.79. The fourth-order valence-electron chi connectivity index (χ4n) is 4.06. The minimum atomic E-state index is 0.165. The number of amides is 1. The molecule has 0 aliphatic carbocycles. The van der Waals surface area contributed by atoms with Crippen molar-refractivity contribution < 1.29 is 4.79 Å². The van der Waals surface area contributed by atoms with Gasteiger partial charge in [-0.15, -0.1) is 0 Å². The van der Waals surface area contributed by atoms with Crippen LogP contribution >= 0.6 is 0 Å². The molecule has 2 aliphatic heterocycles. The van der Waals surface area contributed by atoms with Crippen LogP contribution in [-0.2, 0) is 4.79 Å². The fourth-order valence-corrected chi connectivity index (χ4v) is 4.06. The Morgan fingerprint density at radius 1 is 1.04 bits per heavy atom. The van der Waals surface area contributed by atoms with Crippen molar-refractivity contribution in [2.45, 2.75) is 52.4 Å². The normalized spacial score (nSPS) is 21.0. The van der Waals surface area contributed by atoms with E-state index in [0.29, 0.717) is 12.3 Å². The number of hydrogen-bond donors (Lipinski definition) is 2. The maximum atomic E-state index is 11.6. The molecule has 0 spiro atoms. The predicted octanol–water partition coefficient (Wildman–Crippen LogP) is 1.92. The Hall–Kier alpha value is -1.30. The molecular formula is C20H39N5O. The highest BCUT2D eigenvalue weighted by atomic mass is 16.1. The Balaban J connectivity index is 1.79. The summed E-state index contributed by atoms with van der Waals surface area (Å²) in [5.41, 5.74) is 0. The lowest BCUT2D eigenvalue weighted by Gasteiger charge is -2.35. The average molecular weight is 366 g/mol. The van der Waals surface area contributed by atoms with E-state index in [4.69, 9.17) is 4.99 Å². The number of aliphatic imine (C=N–C) groups is 1. The summed E-state index contributed by atoms with van der Waals surface area (Å²) in [6.07, 6.45) is 6.62. The molecule has 1 amide bonds. The molecule has 6 heteroatoms.